The van der Waals surface area contributed by atoms with Gasteiger partial charge >= 0.3 is 0 Å². The van der Waals surface area contributed by atoms with Gasteiger partial charge in [0.05, 0.1) is 0 Å². The standard InChI is InChI=1S/C15H15N3O4/c1-8-6-12(20)11(7-17-8)15(22)18-13(14(16)21)9-2-4-10(19)5-3-9/h2-7,13,19H,1H3,(H2,16,21)(H,17,20)(H,18,22)/t13-/m1/s1. The Balaban J connectivity index is 2.28. The van der Waals surface area contributed by atoms with Crippen LogP contribution in [0.2, 0.25) is 0 Å². The zero-order valence-electron chi connectivity index (χ0n) is 11.8. The molecule has 0 saturated carbocycles. The van der Waals surface area contributed by atoms with Crippen LogP contribution < -0.4 is 16.5 Å². The van der Waals surface area contributed by atoms with Gasteiger partial charge in [0, 0.05) is 18.0 Å². The van der Waals surface area contributed by atoms with Gasteiger partial charge in [-0.25, -0.2) is 0 Å². The molecule has 0 fully saturated rings. The predicted molar refractivity (Wildman–Crippen MR) is 79.3 cm³/mol. The van der Waals surface area contributed by atoms with Crippen molar-refractivity contribution in [2.75, 3.05) is 0 Å². The van der Waals surface area contributed by atoms with Gasteiger partial charge in [-0.05, 0) is 24.6 Å². The van der Waals surface area contributed by atoms with E-state index < -0.39 is 23.3 Å². The fraction of sp³-hybridized carbons (Fsp3) is 0.133. The van der Waals surface area contributed by atoms with Crippen LogP contribution in [0.15, 0.2) is 41.3 Å². The maximum absolute atomic E-state index is 12.1. The third-order valence-electron chi connectivity index (χ3n) is 3.09. The lowest BCUT2D eigenvalue weighted by molar-refractivity contribution is -0.120. The number of nitrogens with two attached hydrogens (primary N) is 1. The van der Waals surface area contributed by atoms with E-state index in [2.05, 4.69) is 10.3 Å². The molecule has 0 aliphatic rings. The lowest BCUT2D eigenvalue weighted by Crippen LogP contribution is -2.39. The number of rotatable bonds is 4. The molecule has 1 heterocycles. The maximum atomic E-state index is 12.1. The van der Waals surface area contributed by atoms with Crippen LogP contribution in [0.3, 0.4) is 0 Å². The number of nitrogens with one attached hydrogen (secondary N) is 2. The minimum atomic E-state index is -1.10. The highest BCUT2D eigenvalue weighted by molar-refractivity contribution is 5.97. The van der Waals surface area contributed by atoms with Crippen molar-refractivity contribution in [1.82, 2.24) is 10.3 Å². The van der Waals surface area contributed by atoms with Gasteiger partial charge in [-0.1, -0.05) is 12.1 Å². The summed E-state index contributed by atoms with van der Waals surface area (Å²) < 4.78 is 0. The van der Waals surface area contributed by atoms with Crippen molar-refractivity contribution < 1.29 is 14.7 Å². The molecule has 0 spiro atoms. The molecule has 0 radical (unpaired) electrons. The number of primary amides is 1. The summed E-state index contributed by atoms with van der Waals surface area (Å²) in [6.07, 6.45) is 1.28. The van der Waals surface area contributed by atoms with Crippen LogP contribution in [-0.4, -0.2) is 21.9 Å². The van der Waals surface area contributed by atoms with Gasteiger partial charge in [-0.15, -0.1) is 0 Å². The van der Waals surface area contributed by atoms with Gasteiger partial charge < -0.3 is 21.1 Å². The lowest BCUT2D eigenvalue weighted by Gasteiger charge is -2.15. The summed E-state index contributed by atoms with van der Waals surface area (Å²) in [6.45, 7) is 1.69. The number of aromatic hydroxyl groups is 1. The molecule has 5 N–H and O–H groups in total. The van der Waals surface area contributed by atoms with Crippen molar-refractivity contribution in [3.05, 3.63) is 63.6 Å². The predicted octanol–water partition coefficient (Wildman–Crippen LogP) is 0.345. The van der Waals surface area contributed by atoms with Crippen molar-refractivity contribution in [2.24, 2.45) is 5.73 Å². The highest BCUT2D eigenvalue weighted by atomic mass is 16.3. The van der Waals surface area contributed by atoms with E-state index in [9.17, 15) is 19.5 Å². The van der Waals surface area contributed by atoms with Crippen LogP contribution >= 0.6 is 0 Å². The van der Waals surface area contributed by atoms with Crippen LogP contribution in [0.5, 0.6) is 5.75 Å². The summed E-state index contributed by atoms with van der Waals surface area (Å²) in [5.41, 5.74) is 5.74. The molecular formula is C15H15N3O4. The molecule has 114 valence electrons. The van der Waals surface area contributed by atoms with Gasteiger partial charge in [0.15, 0.2) is 5.43 Å². The Bertz CT molecular complexity index is 765. The summed E-state index contributed by atoms with van der Waals surface area (Å²) in [5.74, 6) is -1.46. The number of hydrogen-bond acceptors (Lipinski definition) is 4. The van der Waals surface area contributed by atoms with E-state index in [-0.39, 0.29) is 11.3 Å². The Morgan fingerprint density at radius 1 is 1.27 bits per heavy atom. The van der Waals surface area contributed by atoms with Gasteiger partial charge in [0.1, 0.15) is 17.4 Å². The Labute approximate surface area is 125 Å². The largest absolute Gasteiger partial charge is 0.508 e. The maximum Gasteiger partial charge on any atom is 0.257 e. The molecule has 0 aliphatic carbocycles. The Morgan fingerprint density at radius 3 is 2.45 bits per heavy atom. The highest BCUT2D eigenvalue weighted by Gasteiger charge is 2.22. The first-order valence-corrected chi connectivity index (χ1v) is 6.47. The monoisotopic (exact) mass is 301 g/mol. The average molecular weight is 301 g/mol. The molecule has 0 aliphatic heterocycles. The normalized spacial score (nSPS) is 11.7. The molecule has 7 heteroatoms. The number of aryl methyl sites for hydroxylation is 1. The zero-order valence-corrected chi connectivity index (χ0v) is 11.8. The van der Waals surface area contributed by atoms with E-state index in [0.29, 0.717) is 11.3 Å². The number of pyridine rings is 1. The van der Waals surface area contributed by atoms with Gasteiger partial charge in [0.2, 0.25) is 5.91 Å². The van der Waals surface area contributed by atoms with Crippen LogP contribution in [0.25, 0.3) is 0 Å². The number of carbonyl (C=O) groups excluding carboxylic acids is 2. The van der Waals surface area contributed by atoms with Crippen molar-refractivity contribution in [2.45, 2.75) is 13.0 Å². The topological polar surface area (TPSA) is 125 Å². The molecule has 0 bridgehead atoms. The number of aromatic amines is 1. The summed E-state index contributed by atoms with van der Waals surface area (Å²) in [7, 11) is 0. The van der Waals surface area contributed by atoms with Gasteiger partial charge in [0.25, 0.3) is 5.91 Å². The van der Waals surface area contributed by atoms with E-state index in [0.717, 1.165) is 0 Å². The molecule has 0 unspecified atom stereocenters. The van der Waals surface area contributed by atoms with E-state index in [1.165, 1.54) is 36.5 Å². The second-order valence-corrected chi connectivity index (χ2v) is 4.79. The second kappa shape index (κ2) is 6.13. The number of hydrogen-bond donors (Lipinski definition) is 4. The number of aromatic nitrogens is 1. The van der Waals surface area contributed by atoms with Crippen LogP contribution in [-0.2, 0) is 4.79 Å². The van der Waals surface area contributed by atoms with E-state index >= 15 is 0 Å². The molecular weight excluding hydrogens is 286 g/mol. The molecule has 2 rings (SSSR count). The van der Waals surface area contributed by atoms with Crippen LogP contribution in [0.1, 0.15) is 27.7 Å². The minimum absolute atomic E-state index is 0.0216. The molecule has 2 amide bonds. The average Bonchev–Trinajstić information content (AvgIpc) is 2.45. The number of phenolic OH excluding ortho intramolecular Hbond substituents is 1. The fourth-order valence-corrected chi connectivity index (χ4v) is 1.94. The quantitative estimate of drug-likeness (QED) is 0.650. The molecule has 0 saturated heterocycles. The van der Waals surface area contributed by atoms with Crippen molar-refractivity contribution in [3.8, 4) is 5.75 Å². The summed E-state index contributed by atoms with van der Waals surface area (Å²) in [5, 5.41) is 11.7. The second-order valence-electron chi connectivity index (χ2n) is 4.79. The van der Waals surface area contributed by atoms with Crippen molar-refractivity contribution in [3.63, 3.8) is 0 Å². The first kappa shape index (κ1) is 15.3. The SMILES string of the molecule is Cc1cc(=O)c(C(=O)N[C@@H](C(N)=O)c2ccc(O)cc2)c[nH]1. The van der Waals surface area contributed by atoms with Crippen LogP contribution in [0, 0.1) is 6.92 Å². The summed E-state index contributed by atoms with van der Waals surface area (Å²) >= 11 is 0. The number of carbonyl (C=O) groups is 2. The fourth-order valence-electron chi connectivity index (χ4n) is 1.94. The molecule has 2 aromatic rings. The molecule has 1 aromatic heterocycles. The Morgan fingerprint density at radius 2 is 1.91 bits per heavy atom. The number of benzene rings is 1. The molecule has 1 atom stereocenters. The third kappa shape index (κ3) is 3.32. The van der Waals surface area contributed by atoms with E-state index in [4.69, 9.17) is 5.73 Å². The zero-order chi connectivity index (χ0) is 16.3. The van der Waals surface area contributed by atoms with Crippen molar-refractivity contribution >= 4 is 11.8 Å². The smallest absolute Gasteiger partial charge is 0.257 e. The Kier molecular flexibility index (Phi) is 4.26. The summed E-state index contributed by atoms with van der Waals surface area (Å²) in [4.78, 5) is 38.2. The Hall–Kier alpha value is -3.09. The van der Waals surface area contributed by atoms with Crippen molar-refractivity contribution in [1.29, 1.82) is 0 Å². The molecule has 7 nitrogen and oxygen atoms in total. The first-order valence-electron chi connectivity index (χ1n) is 6.47. The number of H-pyrrole nitrogens is 1. The minimum Gasteiger partial charge on any atom is -0.508 e. The first-order chi connectivity index (χ1) is 10.4. The number of amides is 2. The van der Waals surface area contributed by atoms with E-state index in [1.807, 2.05) is 0 Å². The molecule has 22 heavy (non-hydrogen) atoms. The number of phenols is 1. The van der Waals surface area contributed by atoms with Crippen LogP contribution in [0.4, 0.5) is 0 Å². The van der Waals surface area contributed by atoms with Gasteiger partial charge in [-0.3, -0.25) is 14.4 Å². The van der Waals surface area contributed by atoms with Gasteiger partial charge in [-0.2, -0.15) is 0 Å². The highest BCUT2D eigenvalue weighted by Crippen LogP contribution is 2.17. The lowest BCUT2D eigenvalue weighted by atomic mass is 10.1. The molecule has 1 aromatic carbocycles. The third-order valence-corrected chi connectivity index (χ3v) is 3.09. The summed E-state index contributed by atoms with van der Waals surface area (Å²) in [6, 6.07) is 5.85. The van der Waals surface area contributed by atoms with E-state index in [1.54, 1.807) is 6.92 Å².